The van der Waals surface area contributed by atoms with Crippen molar-refractivity contribution in [3.05, 3.63) is 77.3 Å². The minimum absolute atomic E-state index is 0.0289. The molecule has 1 fully saturated rings. The zero-order chi connectivity index (χ0) is 27.7. The zero-order valence-electron chi connectivity index (χ0n) is 20.0. The van der Waals surface area contributed by atoms with Crippen molar-refractivity contribution < 1.29 is 31.2 Å². The summed E-state index contributed by atoms with van der Waals surface area (Å²) < 4.78 is 66.4. The summed E-state index contributed by atoms with van der Waals surface area (Å²) in [5, 5.41) is 5.46. The number of hydrogen-bond donors (Lipinski definition) is 2. The summed E-state index contributed by atoms with van der Waals surface area (Å²) in [6.45, 7) is 0.255. The first-order chi connectivity index (χ1) is 17.8. The van der Waals surface area contributed by atoms with Gasteiger partial charge in [0.1, 0.15) is 6.04 Å². The average molecular weight is 566 g/mol. The molecule has 0 aromatic heterocycles. The van der Waals surface area contributed by atoms with Gasteiger partial charge in [0.05, 0.1) is 16.1 Å². The van der Waals surface area contributed by atoms with Gasteiger partial charge in [-0.05, 0) is 60.9 Å². The molecule has 1 unspecified atom stereocenters. The van der Waals surface area contributed by atoms with Crippen molar-refractivity contribution in [2.24, 2.45) is 0 Å². The number of halogens is 4. The van der Waals surface area contributed by atoms with Crippen molar-refractivity contribution in [1.29, 1.82) is 0 Å². The number of urea groups is 1. The van der Waals surface area contributed by atoms with Gasteiger partial charge in [0.15, 0.2) is 9.84 Å². The fraction of sp³-hybridized carbons (Fsp3) is 0.231. The van der Waals surface area contributed by atoms with Gasteiger partial charge < -0.3 is 15.5 Å². The van der Waals surface area contributed by atoms with Crippen molar-refractivity contribution >= 4 is 44.8 Å². The van der Waals surface area contributed by atoms with Crippen molar-refractivity contribution in [2.45, 2.75) is 30.0 Å². The second-order valence-electron chi connectivity index (χ2n) is 8.80. The van der Waals surface area contributed by atoms with Gasteiger partial charge in [-0.2, -0.15) is 13.2 Å². The third kappa shape index (κ3) is 6.11. The SMILES string of the molecule is CS(=O)(=O)c1ccccc1-c1ccc(NC(=O)C2CCCN2C(=O)Nc2ccc(Cl)cc2)c(C(F)(F)F)c1. The van der Waals surface area contributed by atoms with Crippen LogP contribution in [0, 0.1) is 0 Å². The maximum Gasteiger partial charge on any atom is 0.418 e. The average Bonchev–Trinajstić information content (AvgIpc) is 3.35. The van der Waals surface area contributed by atoms with E-state index in [-0.39, 0.29) is 29.0 Å². The molecule has 2 N–H and O–H groups in total. The van der Waals surface area contributed by atoms with Gasteiger partial charge >= 0.3 is 12.2 Å². The Morgan fingerprint density at radius 2 is 1.68 bits per heavy atom. The fourth-order valence-electron chi connectivity index (χ4n) is 4.31. The van der Waals surface area contributed by atoms with E-state index < -0.39 is 45.2 Å². The summed E-state index contributed by atoms with van der Waals surface area (Å²) in [5.41, 5.74) is -1.04. The summed E-state index contributed by atoms with van der Waals surface area (Å²) in [5.74, 6) is -0.761. The van der Waals surface area contributed by atoms with Crippen molar-refractivity contribution in [3.8, 4) is 11.1 Å². The lowest BCUT2D eigenvalue weighted by Crippen LogP contribution is -2.45. The summed E-state index contributed by atoms with van der Waals surface area (Å²) in [4.78, 5) is 27.0. The van der Waals surface area contributed by atoms with Crippen LogP contribution in [0.25, 0.3) is 11.1 Å². The number of amides is 3. The first-order valence-electron chi connectivity index (χ1n) is 11.5. The molecule has 12 heteroatoms. The monoisotopic (exact) mass is 565 g/mol. The lowest BCUT2D eigenvalue weighted by Gasteiger charge is -2.25. The van der Waals surface area contributed by atoms with E-state index in [1.165, 1.54) is 35.2 Å². The molecule has 3 amide bonds. The maximum atomic E-state index is 14.0. The summed E-state index contributed by atoms with van der Waals surface area (Å²) in [7, 11) is -3.71. The molecule has 1 saturated heterocycles. The van der Waals surface area contributed by atoms with Crippen molar-refractivity contribution in [1.82, 2.24) is 4.90 Å². The number of alkyl halides is 3. The Kier molecular flexibility index (Phi) is 7.70. The molecule has 200 valence electrons. The Morgan fingerprint density at radius 1 is 1.00 bits per heavy atom. The van der Waals surface area contributed by atoms with Crippen LogP contribution in [0.15, 0.2) is 71.6 Å². The number of likely N-dealkylation sites (tertiary alicyclic amines) is 1. The van der Waals surface area contributed by atoms with Crippen LogP contribution in [0.5, 0.6) is 0 Å². The highest BCUT2D eigenvalue weighted by Crippen LogP contribution is 2.39. The molecule has 1 aliphatic heterocycles. The molecule has 0 aliphatic carbocycles. The summed E-state index contributed by atoms with van der Waals surface area (Å²) >= 11 is 5.85. The number of nitrogens with one attached hydrogen (secondary N) is 2. The second-order valence-corrected chi connectivity index (χ2v) is 11.2. The van der Waals surface area contributed by atoms with E-state index in [1.807, 2.05) is 0 Å². The van der Waals surface area contributed by atoms with Gasteiger partial charge in [-0.15, -0.1) is 0 Å². The molecule has 0 bridgehead atoms. The van der Waals surface area contributed by atoms with Crippen molar-refractivity contribution in [2.75, 3.05) is 23.4 Å². The largest absolute Gasteiger partial charge is 0.418 e. The van der Waals surface area contributed by atoms with Crippen LogP contribution >= 0.6 is 11.6 Å². The number of sulfone groups is 1. The molecule has 1 aliphatic rings. The van der Waals surface area contributed by atoms with E-state index in [0.29, 0.717) is 17.1 Å². The van der Waals surface area contributed by atoms with Crippen LogP contribution in [-0.2, 0) is 20.8 Å². The van der Waals surface area contributed by atoms with Crippen LogP contribution in [0.3, 0.4) is 0 Å². The van der Waals surface area contributed by atoms with Crippen LogP contribution in [-0.4, -0.2) is 44.1 Å². The maximum absolute atomic E-state index is 14.0. The second kappa shape index (κ2) is 10.7. The Bertz CT molecular complexity index is 1480. The molecule has 1 atom stereocenters. The standard InChI is InChI=1S/C26H23ClF3N3O4S/c1-38(36,37)23-7-3-2-5-19(23)16-8-13-21(20(15-16)26(28,29)30)32-24(34)22-6-4-14-33(22)25(35)31-18-11-9-17(27)10-12-18/h2-3,5,7-13,15,22H,4,6,14H2,1H3,(H,31,35)(H,32,34). The molecular weight excluding hydrogens is 543 g/mol. The summed E-state index contributed by atoms with van der Waals surface area (Å²) in [6.07, 6.45) is -3.10. The quantitative estimate of drug-likeness (QED) is 0.393. The normalized spacial score (nSPS) is 15.8. The van der Waals surface area contributed by atoms with Gasteiger partial charge in [-0.1, -0.05) is 35.9 Å². The highest BCUT2D eigenvalue weighted by Gasteiger charge is 2.38. The molecule has 1 heterocycles. The first kappa shape index (κ1) is 27.5. The minimum Gasteiger partial charge on any atom is -0.324 e. The molecule has 3 aromatic carbocycles. The molecule has 38 heavy (non-hydrogen) atoms. The van der Waals surface area contributed by atoms with E-state index in [2.05, 4.69) is 10.6 Å². The van der Waals surface area contributed by atoms with Gasteiger partial charge in [0, 0.05) is 29.1 Å². The van der Waals surface area contributed by atoms with Crippen LogP contribution in [0.4, 0.5) is 29.3 Å². The molecule has 3 aromatic rings. The number of nitrogens with zero attached hydrogens (tertiary/aromatic N) is 1. The van der Waals surface area contributed by atoms with E-state index in [0.717, 1.165) is 18.4 Å². The minimum atomic E-state index is -4.85. The Hall–Kier alpha value is -3.57. The zero-order valence-corrected chi connectivity index (χ0v) is 21.6. The number of carbonyl (C=O) groups excluding carboxylic acids is 2. The van der Waals surface area contributed by atoms with Crippen LogP contribution in [0.1, 0.15) is 18.4 Å². The van der Waals surface area contributed by atoms with Gasteiger partial charge in [-0.25, -0.2) is 13.2 Å². The van der Waals surface area contributed by atoms with Crippen molar-refractivity contribution in [3.63, 3.8) is 0 Å². The predicted octanol–water partition coefficient (Wildman–Crippen LogP) is 6.06. The van der Waals surface area contributed by atoms with E-state index in [9.17, 15) is 31.2 Å². The Morgan fingerprint density at radius 3 is 2.34 bits per heavy atom. The van der Waals surface area contributed by atoms with Crippen LogP contribution in [0.2, 0.25) is 5.02 Å². The molecule has 0 saturated carbocycles. The van der Waals surface area contributed by atoms with E-state index in [4.69, 9.17) is 11.6 Å². The highest BCUT2D eigenvalue weighted by molar-refractivity contribution is 7.90. The van der Waals surface area contributed by atoms with Gasteiger partial charge in [0.2, 0.25) is 5.91 Å². The van der Waals surface area contributed by atoms with Gasteiger partial charge in [0.25, 0.3) is 0 Å². The number of rotatable bonds is 5. The smallest absolute Gasteiger partial charge is 0.324 e. The molecule has 0 spiro atoms. The number of carbonyl (C=O) groups is 2. The van der Waals surface area contributed by atoms with Gasteiger partial charge in [-0.3, -0.25) is 4.79 Å². The fourth-order valence-corrected chi connectivity index (χ4v) is 5.35. The molecular formula is C26H23ClF3N3O4S. The third-order valence-electron chi connectivity index (χ3n) is 6.09. The Balaban J connectivity index is 1.59. The third-order valence-corrected chi connectivity index (χ3v) is 7.50. The topological polar surface area (TPSA) is 95.6 Å². The predicted molar refractivity (Wildman–Crippen MR) is 139 cm³/mol. The van der Waals surface area contributed by atoms with E-state index >= 15 is 0 Å². The lowest BCUT2D eigenvalue weighted by molar-refractivity contribution is -0.137. The van der Waals surface area contributed by atoms with E-state index in [1.54, 1.807) is 24.3 Å². The molecule has 4 rings (SSSR count). The Labute approximate surface area is 222 Å². The first-order valence-corrected chi connectivity index (χ1v) is 13.8. The number of hydrogen-bond acceptors (Lipinski definition) is 4. The number of benzene rings is 3. The summed E-state index contributed by atoms with van der Waals surface area (Å²) in [6, 6.07) is 13.8. The lowest BCUT2D eigenvalue weighted by atomic mass is 10.0. The molecule has 7 nitrogen and oxygen atoms in total. The number of anilines is 2. The molecule has 0 radical (unpaired) electrons. The van der Waals surface area contributed by atoms with Crippen LogP contribution < -0.4 is 10.6 Å². The highest BCUT2D eigenvalue weighted by atomic mass is 35.5.